The molecule has 2 heterocycles. The van der Waals surface area contributed by atoms with Crippen molar-refractivity contribution in [3.8, 4) is 17.0 Å². The van der Waals surface area contributed by atoms with Crippen LogP contribution in [0.25, 0.3) is 11.1 Å². The maximum atomic E-state index is 14.3. The van der Waals surface area contributed by atoms with E-state index in [4.69, 9.17) is 10.5 Å². The van der Waals surface area contributed by atoms with Crippen molar-refractivity contribution in [1.29, 1.82) is 0 Å². The molecule has 0 bridgehead atoms. The van der Waals surface area contributed by atoms with Crippen molar-refractivity contribution in [2.75, 3.05) is 6.61 Å². The highest BCUT2D eigenvalue weighted by atomic mass is 19.1. The van der Waals surface area contributed by atoms with Gasteiger partial charge in [-0.25, -0.2) is 9.37 Å². The van der Waals surface area contributed by atoms with Crippen molar-refractivity contribution in [2.24, 2.45) is 11.7 Å². The molecule has 0 spiro atoms. The van der Waals surface area contributed by atoms with Crippen LogP contribution >= 0.6 is 0 Å². The summed E-state index contributed by atoms with van der Waals surface area (Å²) >= 11 is 0. The predicted molar refractivity (Wildman–Crippen MR) is 89.7 cm³/mol. The largest absolute Gasteiger partial charge is 0.474 e. The zero-order valence-electron chi connectivity index (χ0n) is 14.1. The molecule has 5 heteroatoms. The second-order valence-electron chi connectivity index (χ2n) is 6.68. The van der Waals surface area contributed by atoms with Gasteiger partial charge < -0.3 is 10.5 Å². The number of rotatable bonds is 6. The third kappa shape index (κ3) is 4.73. The Hall–Kier alpha value is -2.01. The first-order valence-corrected chi connectivity index (χ1v) is 7.78. The van der Waals surface area contributed by atoms with Crippen LogP contribution in [-0.2, 0) is 0 Å². The minimum absolute atomic E-state index is 0.000683. The summed E-state index contributed by atoms with van der Waals surface area (Å²) in [5, 5.41) is 0. The molecule has 0 saturated carbocycles. The molecule has 0 aliphatic carbocycles. The second kappa shape index (κ2) is 7.04. The molecule has 0 aromatic carbocycles. The highest BCUT2D eigenvalue weighted by Gasteiger charge is 2.22. The number of halogens is 1. The van der Waals surface area contributed by atoms with Gasteiger partial charge in [-0.05, 0) is 49.9 Å². The van der Waals surface area contributed by atoms with Gasteiger partial charge in [-0.1, -0.05) is 13.8 Å². The normalized spacial score (nSPS) is 13.9. The first kappa shape index (κ1) is 17.3. The molecule has 0 aliphatic heterocycles. The van der Waals surface area contributed by atoms with Crippen LogP contribution in [0, 0.1) is 18.7 Å². The van der Waals surface area contributed by atoms with E-state index < -0.39 is 11.4 Å². The zero-order valence-corrected chi connectivity index (χ0v) is 14.1. The number of ether oxygens (including phenoxy) is 1. The molecule has 23 heavy (non-hydrogen) atoms. The average molecular weight is 317 g/mol. The van der Waals surface area contributed by atoms with E-state index >= 15 is 0 Å². The van der Waals surface area contributed by atoms with Crippen molar-refractivity contribution in [1.82, 2.24) is 9.97 Å². The molecule has 0 saturated heterocycles. The Labute approximate surface area is 136 Å². The number of nitrogens with two attached hydrogens (primary N) is 1. The van der Waals surface area contributed by atoms with E-state index in [2.05, 4.69) is 23.8 Å². The smallest absolute Gasteiger partial charge is 0.250 e. The van der Waals surface area contributed by atoms with Crippen molar-refractivity contribution >= 4 is 0 Å². The van der Waals surface area contributed by atoms with Crippen LogP contribution in [0.4, 0.5) is 4.39 Å². The molecule has 4 nitrogen and oxygen atoms in total. The van der Waals surface area contributed by atoms with Gasteiger partial charge in [0.1, 0.15) is 6.61 Å². The van der Waals surface area contributed by atoms with Gasteiger partial charge in [-0.15, -0.1) is 0 Å². The van der Waals surface area contributed by atoms with Crippen LogP contribution in [0.1, 0.15) is 32.9 Å². The fourth-order valence-electron chi connectivity index (χ4n) is 2.71. The number of nitrogens with zero attached hydrogens (tertiary/aromatic N) is 2. The van der Waals surface area contributed by atoms with E-state index in [9.17, 15) is 4.39 Å². The van der Waals surface area contributed by atoms with Gasteiger partial charge in [-0.3, -0.25) is 4.98 Å². The van der Waals surface area contributed by atoms with E-state index in [1.54, 1.807) is 12.4 Å². The third-order valence-corrected chi connectivity index (χ3v) is 3.54. The van der Waals surface area contributed by atoms with Crippen LogP contribution in [0.3, 0.4) is 0 Å². The predicted octanol–water partition coefficient (Wildman–Crippen LogP) is 3.73. The van der Waals surface area contributed by atoms with E-state index in [0.29, 0.717) is 11.6 Å². The highest BCUT2D eigenvalue weighted by molar-refractivity contribution is 5.65. The van der Waals surface area contributed by atoms with Crippen LogP contribution in [0.15, 0.2) is 30.6 Å². The van der Waals surface area contributed by atoms with E-state index in [1.807, 2.05) is 26.0 Å². The van der Waals surface area contributed by atoms with Gasteiger partial charge in [0.05, 0.1) is 0 Å². The summed E-state index contributed by atoms with van der Waals surface area (Å²) in [6.07, 6.45) is 4.13. The molecule has 2 N–H and O–H groups in total. The lowest BCUT2D eigenvalue weighted by molar-refractivity contribution is 0.193. The molecule has 124 valence electrons. The minimum Gasteiger partial charge on any atom is -0.474 e. The maximum Gasteiger partial charge on any atom is 0.250 e. The summed E-state index contributed by atoms with van der Waals surface area (Å²) in [5.74, 6) is -0.0364. The Morgan fingerprint density at radius 1 is 1.30 bits per heavy atom. The molecule has 2 rings (SSSR count). The second-order valence-corrected chi connectivity index (χ2v) is 6.68. The molecular weight excluding hydrogens is 293 g/mol. The van der Waals surface area contributed by atoms with E-state index in [0.717, 1.165) is 17.5 Å². The van der Waals surface area contributed by atoms with Crippen LogP contribution in [-0.4, -0.2) is 22.1 Å². The van der Waals surface area contributed by atoms with Crippen molar-refractivity contribution in [3.63, 3.8) is 0 Å². The molecular formula is C18H24FN3O. The van der Waals surface area contributed by atoms with Gasteiger partial charge in [0.2, 0.25) is 0 Å². The van der Waals surface area contributed by atoms with Crippen LogP contribution < -0.4 is 10.5 Å². The molecule has 2 aromatic rings. The number of aromatic nitrogens is 2. The molecule has 0 unspecified atom stereocenters. The number of aryl methyl sites for hydroxylation is 1. The molecule has 2 aromatic heterocycles. The summed E-state index contributed by atoms with van der Waals surface area (Å²) in [4.78, 5) is 8.23. The SMILES string of the molecule is Cc1nc(OC[C@@](C)(N)CC(C)C)c(F)cc1-c1ccncc1. The van der Waals surface area contributed by atoms with E-state index in [-0.39, 0.29) is 12.5 Å². The van der Waals surface area contributed by atoms with Gasteiger partial charge in [0.15, 0.2) is 5.82 Å². The topological polar surface area (TPSA) is 61.0 Å². The van der Waals surface area contributed by atoms with Crippen molar-refractivity contribution in [3.05, 3.63) is 42.1 Å². The zero-order chi connectivity index (χ0) is 17.0. The fraction of sp³-hybridized carbons (Fsp3) is 0.444. The first-order chi connectivity index (χ1) is 10.8. The van der Waals surface area contributed by atoms with Gasteiger partial charge >= 0.3 is 0 Å². The molecule has 1 atom stereocenters. The summed E-state index contributed by atoms with van der Waals surface area (Å²) in [7, 11) is 0. The third-order valence-electron chi connectivity index (χ3n) is 3.54. The maximum absolute atomic E-state index is 14.3. The average Bonchev–Trinajstić information content (AvgIpc) is 2.47. The summed E-state index contributed by atoms with van der Waals surface area (Å²) in [6.45, 7) is 8.15. The lowest BCUT2D eigenvalue weighted by atomic mass is 9.93. The molecule has 0 amide bonds. The van der Waals surface area contributed by atoms with Gasteiger partial charge in [0.25, 0.3) is 5.88 Å². The highest BCUT2D eigenvalue weighted by Crippen LogP contribution is 2.27. The number of hydrogen-bond donors (Lipinski definition) is 1. The Bertz CT molecular complexity index is 657. The minimum atomic E-state index is -0.514. The van der Waals surface area contributed by atoms with Gasteiger partial charge in [-0.2, -0.15) is 0 Å². The van der Waals surface area contributed by atoms with E-state index in [1.165, 1.54) is 6.07 Å². The Morgan fingerprint density at radius 3 is 2.57 bits per heavy atom. The Balaban J connectivity index is 2.18. The summed E-state index contributed by atoms with van der Waals surface area (Å²) in [5.41, 5.74) is 7.99. The standard InChI is InChI=1S/C18H24FN3O/c1-12(2)10-18(4,20)11-23-17-16(19)9-15(13(3)22-17)14-5-7-21-8-6-14/h5-9,12H,10-11,20H2,1-4H3/t18-/m0/s1. The quantitative estimate of drug-likeness (QED) is 0.882. The first-order valence-electron chi connectivity index (χ1n) is 7.78. The van der Waals surface area contributed by atoms with Crippen molar-refractivity contribution in [2.45, 2.75) is 39.7 Å². The van der Waals surface area contributed by atoms with Crippen LogP contribution in [0.5, 0.6) is 5.88 Å². The fourth-order valence-corrected chi connectivity index (χ4v) is 2.71. The molecule has 0 aliphatic rings. The number of pyridine rings is 2. The lowest BCUT2D eigenvalue weighted by Gasteiger charge is -2.26. The summed E-state index contributed by atoms with van der Waals surface area (Å²) < 4.78 is 19.9. The molecule has 0 radical (unpaired) electrons. The van der Waals surface area contributed by atoms with Crippen LogP contribution in [0.2, 0.25) is 0 Å². The molecule has 0 fully saturated rings. The van der Waals surface area contributed by atoms with Gasteiger partial charge in [0, 0.05) is 29.2 Å². The van der Waals surface area contributed by atoms with Crippen molar-refractivity contribution < 1.29 is 9.13 Å². The Kier molecular flexibility index (Phi) is 5.31. The summed E-state index contributed by atoms with van der Waals surface area (Å²) in [6, 6.07) is 5.09. The number of hydrogen-bond acceptors (Lipinski definition) is 4. The lowest BCUT2D eigenvalue weighted by Crippen LogP contribution is -2.43. The Morgan fingerprint density at radius 2 is 1.96 bits per heavy atom. The monoisotopic (exact) mass is 317 g/mol.